The predicted molar refractivity (Wildman–Crippen MR) is 229 cm³/mol. The number of para-hydroxylation sites is 2. The predicted octanol–water partition coefficient (Wildman–Crippen LogP) is 13.2. The van der Waals surface area contributed by atoms with E-state index in [0.29, 0.717) is 39.9 Å². The van der Waals surface area contributed by atoms with Crippen LogP contribution in [0.2, 0.25) is 0 Å². The highest BCUT2D eigenvalue weighted by Gasteiger charge is 2.17. The summed E-state index contributed by atoms with van der Waals surface area (Å²) >= 11 is 0. The van der Waals surface area contributed by atoms with E-state index < -0.39 is 12.1 Å². The zero-order valence-corrected chi connectivity index (χ0v) is 29.6. The van der Waals surface area contributed by atoms with Crippen LogP contribution in [0.5, 0.6) is 0 Å². The minimum atomic E-state index is -0.449. The topological polar surface area (TPSA) is 56.7 Å². The van der Waals surface area contributed by atoms with Gasteiger partial charge in [0.15, 0.2) is 17.5 Å². The first-order valence-electron chi connectivity index (χ1n) is 21.7. The van der Waals surface area contributed by atoms with Crippen LogP contribution in [-0.2, 0) is 0 Å². The molecule has 5 heteroatoms. The number of aromatic nitrogens is 4. The molecule has 0 aliphatic heterocycles. The summed E-state index contributed by atoms with van der Waals surface area (Å²) in [5.74, 6) is 1.31. The summed E-state index contributed by atoms with van der Waals surface area (Å²) in [7, 11) is 0. The lowest BCUT2D eigenvalue weighted by molar-refractivity contribution is 0.669. The molecule has 0 radical (unpaired) electrons. The number of furan rings is 1. The smallest absolute Gasteiger partial charge is 0.164 e. The Morgan fingerprint density at radius 2 is 0.982 bits per heavy atom. The van der Waals surface area contributed by atoms with Crippen molar-refractivity contribution in [3.05, 3.63) is 194 Å². The molecule has 0 atom stereocenters. The van der Waals surface area contributed by atoms with E-state index in [1.165, 1.54) is 0 Å². The Morgan fingerprint density at radius 1 is 0.393 bits per heavy atom. The van der Waals surface area contributed by atoms with Gasteiger partial charge in [0.1, 0.15) is 11.2 Å². The average molecular weight is 724 g/mol. The van der Waals surface area contributed by atoms with E-state index in [0.717, 1.165) is 38.6 Å². The summed E-state index contributed by atoms with van der Waals surface area (Å²) in [4.78, 5) is 14.8. The van der Waals surface area contributed by atoms with Crippen LogP contribution in [0.25, 0.3) is 106 Å². The minimum Gasteiger partial charge on any atom is -0.456 e. The van der Waals surface area contributed by atoms with Crippen LogP contribution in [0.15, 0.2) is 198 Å². The summed E-state index contributed by atoms with van der Waals surface area (Å²) in [6.45, 7) is 0. The molecule has 56 heavy (non-hydrogen) atoms. The summed E-state index contributed by atoms with van der Waals surface area (Å²) in [5, 5.41) is 2.27. The molecular formula is C51H32N4O. The van der Waals surface area contributed by atoms with Gasteiger partial charge in [0.25, 0.3) is 0 Å². The summed E-state index contributed by atoms with van der Waals surface area (Å²) in [6.07, 6.45) is 0. The monoisotopic (exact) mass is 723 g/mol. The molecule has 0 aliphatic rings. The van der Waals surface area contributed by atoms with Crippen molar-refractivity contribution in [1.29, 1.82) is 0 Å². The minimum absolute atomic E-state index is 0.103. The van der Waals surface area contributed by atoms with Crippen LogP contribution < -0.4 is 0 Å². The molecule has 0 bridgehead atoms. The number of fused-ring (bicyclic) bond motifs is 6. The molecule has 0 spiro atoms. The van der Waals surface area contributed by atoms with Gasteiger partial charge >= 0.3 is 0 Å². The van der Waals surface area contributed by atoms with Crippen LogP contribution in [0, 0.1) is 0 Å². The highest BCUT2D eigenvalue weighted by molar-refractivity contribution is 6.10. The average Bonchev–Trinajstić information content (AvgIpc) is 3.89. The number of nitrogens with zero attached hydrogens (tertiary/aromatic N) is 4. The van der Waals surface area contributed by atoms with Crippen molar-refractivity contribution < 1.29 is 14.0 Å². The van der Waals surface area contributed by atoms with Gasteiger partial charge in [-0.3, -0.25) is 0 Å². The van der Waals surface area contributed by atoms with Gasteiger partial charge in [0.05, 0.1) is 20.6 Å². The van der Waals surface area contributed by atoms with Crippen molar-refractivity contribution in [3.8, 4) is 62.1 Å². The molecule has 0 fully saturated rings. The molecule has 0 unspecified atom stereocenters. The maximum Gasteiger partial charge on any atom is 0.164 e. The van der Waals surface area contributed by atoms with Gasteiger partial charge in [0, 0.05) is 43.9 Å². The van der Waals surface area contributed by atoms with Crippen molar-refractivity contribution in [2.24, 2.45) is 0 Å². The Morgan fingerprint density at radius 3 is 1.77 bits per heavy atom. The molecule has 3 heterocycles. The lowest BCUT2D eigenvalue weighted by atomic mass is 9.98. The van der Waals surface area contributed by atoms with E-state index in [2.05, 4.69) is 0 Å². The fourth-order valence-corrected chi connectivity index (χ4v) is 7.38. The summed E-state index contributed by atoms with van der Waals surface area (Å²) in [6, 6.07) is 45.8. The number of rotatable bonds is 6. The molecular weight excluding hydrogens is 685 g/mol. The molecule has 5 nitrogen and oxygen atoms in total. The van der Waals surface area contributed by atoms with Crippen LogP contribution in [0.1, 0.15) is 9.60 Å². The van der Waals surface area contributed by atoms with Gasteiger partial charge in [-0.2, -0.15) is 0 Å². The second-order valence-corrected chi connectivity index (χ2v) is 13.5. The molecule has 8 aromatic carbocycles. The van der Waals surface area contributed by atoms with Crippen LogP contribution in [0.3, 0.4) is 0 Å². The Kier molecular flexibility index (Phi) is 5.92. The molecule has 3 aromatic heterocycles. The molecule has 11 aromatic rings. The van der Waals surface area contributed by atoms with Crippen LogP contribution >= 0.6 is 0 Å². The fraction of sp³-hybridized carbons (Fsp3) is 0. The van der Waals surface area contributed by atoms with Crippen molar-refractivity contribution in [1.82, 2.24) is 19.5 Å². The number of hydrogen-bond donors (Lipinski definition) is 0. The van der Waals surface area contributed by atoms with Gasteiger partial charge in [-0.05, 0) is 88.9 Å². The quantitative estimate of drug-likeness (QED) is 0.171. The molecule has 0 N–H and O–H groups in total. The van der Waals surface area contributed by atoms with Gasteiger partial charge in [-0.25, -0.2) is 15.0 Å². The molecule has 262 valence electrons. The maximum absolute atomic E-state index is 9.64. The third kappa shape index (κ3) is 5.45. The van der Waals surface area contributed by atoms with Gasteiger partial charge in [0.2, 0.25) is 0 Å². The van der Waals surface area contributed by atoms with Crippen molar-refractivity contribution in [2.75, 3.05) is 0 Å². The molecule has 0 aliphatic carbocycles. The summed E-state index contributed by atoms with van der Waals surface area (Å²) in [5.41, 5.74) is 6.96. The standard InChI is InChI=1S/C51H32N4O/c1-3-12-33(13-4-1)36-16-11-17-37(30-36)38-25-29-46-44(31-38)41-18-7-9-20-45(41)55(46)40-26-22-35(23-27-40)50-52-49(34-14-5-2-6-15-34)53-51(54-50)39-24-28-43-42-19-8-10-21-47(42)56-48(43)32-39/h1-32H/i7D,9D,18D,20D,25D,29D,31D. The van der Waals surface area contributed by atoms with Crippen molar-refractivity contribution in [3.63, 3.8) is 0 Å². The number of hydrogen-bond acceptors (Lipinski definition) is 4. The van der Waals surface area contributed by atoms with Crippen molar-refractivity contribution >= 4 is 43.7 Å². The second kappa shape index (κ2) is 13.0. The number of benzene rings is 8. The van der Waals surface area contributed by atoms with Crippen molar-refractivity contribution in [2.45, 2.75) is 0 Å². The van der Waals surface area contributed by atoms with E-state index >= 15 is 0 Å². The highest BCUT2D eigenvalue weighted by Crippen LogP contribution is 2.37. The lowest BCUT2D eigenvalue weighted by Crippen LogP contribution is -2.00. The molecule has 0 saturated carbocycles. The third-order valence-electron chi connectivity index (χ3n) is 10.1. The zero-order chi connectivity index (χ0) is 43.1. The Bertz CT molecular complexity index is 3650. The highest BCUT2D eigenvalue weighted by atomic mass is 16.3. The Hall–Kier alpha value is -7.63. The van der Waals surface area contributed by atoms with E-state index in [1.807, 2.05) is 133 Å². The normalized spacial score (nSPS) is 13.3. The van der Waals surface area contributed by atoms with Crippen LogP contribution in [-0.4, -0.2) is 19.5 Å². The fourth-order valence-electron chi connectivity index (χ4n) is 7.38. The first-order valence-corrected chi connectivity index (χ1v) is 18.2. The van der Waals surface area contributed by atoms with Gasteiger partial charge in [-0.15, -0.1) is 0 Å². The van der Waals surface area contributed by atoms with E-state index in [4.69, 9.17) is 24.9 Å². The lowest BCUT2D eigenvalue weighted by Gasteiger charge is -2.11. The Labute approximate surface area is 332 Å². The molecule has 11 rings (SSSR count). The first kappa shape index (κ1) is 25.4. The molecule has 0 amide bonds. The maximum atomic E-state index is 9.64. The Balaban J connectivity index is 1.09. The summed E-state index contributed by atoms with van der Waals surface area (Å²) < 4.78 is 71.8. The first-order chi connectivity index (χ1) is 30.7. The van der Waals surface area contributed by atoms with Gasteiger partial charge < -0.3 is 8.98 Å². The van der Waals surface area contributed by atoms with E-state index in [1.54, 1.807) is 22.8 Å². The third-order valence-corrected chi connectivity index (χ3v) is 10.1. The van der Waals surface area contributed by atoms with E-state index in [9.17, 15) is 4.11 Å². The largest absolute Gasteiger partial charge is 0.456 e. The zero-order valence-electron chi connectivity index (χ0n) is 36.6. The SMILES string of the molecule is [2H]c1c([2H])c([2H])c2c(c1[2H])c1c([2H])c(-c3cccc(-c4ccccc4)c3)c([2H])c([2H])c1n2-c1ccc(-c2nc(-c3ccccc3)nc(-c3ccc4c(c3)oc3ccccc34)n2)cc1. The van der Waals surface area contributed by atoms with Gasteiger partial charge in [-0.1, -0.05) is 127 Å². The molecule has 0 saturated heterocycles. The van der Waals surface area contributed by atoms with Crippen LogP contribution in [0.4, 0.5) is 0 Å². The van der Waals surface area contributed by atoms with E-state index in [-0.39, 0.29) is 57.6 Å². The second-order valence-electron chi connectivity index (χ2n) is 13.5.